The minimum atomic E-state index is -0.551. The smallest absolute Gasteiger partial charge is 0.255 e. The van der Waals surface area contributed by atoms with Crippen molar-refractivity contribution in [3.8, 4) is 39.5 Å². The molecule has 0 atom stereocenters. The van der Waals surface area contributed by atoms with E-state index in [1.807, 2.05) is 42.5 Å². The van der Waals surface area contributed by atoms with E-state index in [9.17, 15) is 14.3 Å². The highest BCUT2D eigenvalue weighted by Crippen LogP contribution is 2.35. The number of H-pyrrole nitrogens is 2. The summed E-state index contributed by atoms with van der Waals surface area (Å²) in [7, 11) is 0. The van der Waals surface area contributed by atoms with Crippen LogP contribution in [0.5, 0.6) is 5.75 Å². The SMILES string of the molecule is O=C(Nc1cncc(-c2cnc3[nH]nc(-c4cc5c(-c6cc(O)cc(F)c6)nccc5[nH]4)c3c2)c1)c1ccccc1. The topological polar surface area (TPSA) is 132 Å². The van der Waals surface area contributed by atoms with E-state index in [0.29, 0.717) is 39.5 Å². The van der Waals surface area contributed by atoms with Crippen molar-refractivity contribution >= 4 is 33.5 Å². The molecule has 5 aromatic heterocycles. The second-order valence-electron chi connectivity index (χ2n) is 9.48. The number of carbonyl (C=O) groups excluding carboxylic acids is 1. The maximum Gasteiger partial charge on any atom is 0.255 e. The van der Waals surface area contributed by atoms with Gasteiger partial charge in [0.05, 0.1) is 23.3 Å². The first kappa shape index (κ1) is 24.2. The van der Waals surface area contributed by atoms with E-state index < -0.39 is 5.82 Å². The molecule has 198 valence electrons. The zero-order valence-electron chi connectivity index (χ0n) is 21.3. The number of fused-ring (bicyclic) bond motifs is 2. The molecule has 10 heteroatoms. The van der Waals surface area contributed by atoms with Gasteiger partial charge < -0.3 is 15.4 Å². The normalized spacial score (nSPS) is 11.2. The van der Waals surface area contributed by atoms with Gasteiger partial charge in [-0.15, -0.1) is 0 Å². The second-order valence-corrected chi connectivity index (χ2v) is 9.48. The molecule has 0 radical (unpaired) electrons. The zero-order valence-corrected chi connectivity index (χ0v) is 21.3. The molecule has 7 aromatic rings. The number of nitrogens with one attached hydrogen (secondary N) is 3. The van der Waals surface area contributed by atoms with Crippen LogP contribution in [0.1, 0.15) is 10.4 Å². The molecular weight excluding hydrogens is 521 g/mol. The van der Waals surface area contributed by atoms with Crippen molar-refractivity contribution in [2.75, 3.05) is 5.32 Å². The molecule has 0 spiro atoms. The number of aromatic hydroxyl groups is 1. The second kappa shape index (κ2) is 9.69. The van der Waals surface area contributed by atoms with Crippen LogP contribution >= 0.6 is 0 Å². The van der Waals surface area contributed by atoms with Crippen LogP contribution < -0.4 is 5.32 Å². The number of benzene rings is 2. The molecule has 0 bridgehead atoms. The number of hydrogen-bond acceptors (Lipinski definition) is 6. The van der Waals surface area contributed by atoms with E-state index in [4.69, 9.17) is 0 Å². The fourth-order valence-electron chi connectivity index (χ4n) is 4.85. The number of phenols is 1. The lowest BCUT2D eigenvalue weighted by Gasteiger charge is -2.07. The molecule has 5 heterocycles. The fraction of sp³-hybridized carbons (Fsp3) is 0. The van der Waals surface area contributed by atoms with Gasteiger partial charge in [-0.25, -0.2) is 9.37 Å². The molecule has 0 aliphatic heterocycles. The van der Waals surface area contributed by atoms with Crippen LogP contribution in [-0.2, 0) is 0 Å². The van der Waals surface area contributed by atoms with Crippen LogP contribution in [-0.4, -0.2) is 41.1 Å². The van der Waals surface area contributed by atoms with Gasteiger partial charge in [-0.3, -0.25) is 19.9 Å². The van der Waals surface area contributed by atoms with Gasteiger partial charge in [0.2, 0.25) is 0 Å². The number of nitrogens with zero attached hydrogens (tertiary/aromatic N) is 4. The van der Waals surface area contributed by atoms with E-state index in [-0.39, 0.29) is 11.7 Å². The van der Waals surface area contributed by atoms with Crippen LogP contribution in [0.25, 0.3) is 55.7 Å². The Morgan fingerprint density at radius 3 is 2.54 bits per heavy atom. The predicted octanol–water partition coefficient (Wildman–Crippen LogP) is 6.33. The number of phenolic OH excluding ortho intramolecular Hbond substituents is 1. The number of carbonyl (C=O) groups is 1. The molecule has 2 aromatic carbocycles. The minimum absolute atomic E-state index is 0.176. The Kier molecular flexibility index (Phi) is 5.71. The summed E-state index contributed by atoms with van der Waals surface area (Å²) < 4.78 is 14.0. The number of aromatic nitrogens is 6. The molecule has 9 nitrogen and oxygen atoms in total. The molecular formula is C31H20FN7O2. The number of anilines is 1. The molecule has 0 saturated carbocycles. The molecule has 0 aliphatic rings. The molecule has 0 aliphatic carbocycles. The first-order valence-electron chi connectivity index (χ1n) is 12.7. The van der Waals surface area contributed by atoms with Gasteiger partial charge in [0, 0.05) is 63.2 Å². The lowest BCUT2D eigenvalue weighted by Crippen LogP contribution is -2.11. The van der Waals surface area contributed by atoms with E-state index >= 15 is 0 Å². The summed E-state index contributed by atoms with van der Waals surface area (Å²) in [5, 5.41) is 21.8. The van der Waals surface area contributed by atoms with E-state index in [1.165, 1.54) is 12.1 Å². The maximum absolute atomic E-state index is 14.0. The number of halogens is 1. The number of amides is 1. The highest BCUT2D eigenvalue weighted by molar-refractivity contribution is 6.04. The number of rotatable bonds is 5. The van der Waals surface area contributed by atoms with E-state index in [0.717, 1.165) is 33.5 Å². The average Bonchev–Trinajstić information content (AvgIpc) is 3.61. The summed E-state index contributed by atoms with van der Waals surface area (Å²) in [6.45, 7) is 0. The molecule has 1 amide bonds. The monoisotopic (exact) mass is 541 g/mol. The highest BCUT2D eigenvalue weighted by atomic mass is 19.1. The van der Waals surface area contributed by atoms with Crippen molar-refractivity contribution in [3.63, 3.8) is 0 Å². The first-order chi connectivity index (χ1) is 20.0. The molecule has 7 rings (SSSR count). The van der Waals surface area contributed by atoms with Crippen molar-refractivity contribution in [1.82, 2.24) is 30.1 Å². The third-order valence-corrected chi connectivity index (χ3v) is 6.74. The predicted molar refractivity (Wildman–Crippen MR) is 154 cm³/mol. The number of hydrogen-bond donors (Lipinski definition) is 4. The molecule has 0 saturated heterocycles. The summed E-state index contributed by atoms with van der Waals surface area (Å²) in [6.07, 6.45) is 6.64. The third-order valence-electron chi connectivity index (χ3n) is 6.74. The van der Waals surface area contributed by atoms with E-state index in [2.05, 4.69) is 35.5 Å². The van der Waals surface area contributed by atoms with Crippen molar-refractivity contribution in [3.05, 3.63) is 109 Å². The molecule has 0 unspecified atom stereocenters. The van der Waals surface area contributed by atoms with Crippen LogP contribution in [0.4, 0.5) is 10.1 Å². The van der Waals surface area contributed by atoms with Gasteiger partial charge >= 0.3 is 0 Å². The Balaban J connectivity index is 1.25. The molecule has 41 heavy (non-hydrogen) atoms. The Hall–Kier alpha value is -5.90. The molecule has 0 fully saturated rings. The quantitative estimate of drug-likeness (QED) is 0.201. The zero-order chi connectivity index (χ0) is 27.9. The van der Waals surface area contributed by atoms with Gasteiger partial charge in [0.1, 0.15) is 17.3 Å². The summed E-state index contributed by atoms with van der Waals surface area (Å²) in [5.74, 6) is -0.953. The van der Waals surface area contributed by atoms with Crippen molar-refractivity contribution in [1.29, 1.82) is 0 Å². The standard InChI is InChI=1S/C31H20FN7O2/c32-21-8-18(10-23(40)12-21)28-24-13-27(37-26(24)6-7-34-28)29-25-11-20(15-35-30(25)39-38-29)19-9-22(16-33-14-19)36-31(41)17-4-2-1-3-5-17/h1-16,37,40H,(H,36,41)(H,35,38,39). The van der Waals surface area contributed by atoms with Gasteiger partial charge in [0.15, 0.2) is 5.65 Å². The maximum atomic E-state index is 14.0. The van der Waals surface area contributed by atoms with E-state index in [1.54, 1.807) is 36.9 Å². The Morgan fingerprint density at radius 2 is 1.68 bits per heavy atom. The summed E-state index contributed by atoms with van der Waals surface area (Å²) in [4.78, 5) is 29.3. The van der Waals surface area contributed by atoms with Crippen LogP contribution in [0.2, 0.25) is 0 Å². The summed E-state index contributed by atoms with van der Waals surface area (Å²) in [6, 6.07) is 20.3. The third kappa shape index (κ3) is 4.53. The van der Waals surface area contributed by atoms with Crippen molar-refractivity contribution in [2.24, 2.45) is 0 Å². The summed E-state index contributed by atoms with van der Waals surface area (Å²) >= 11 is 0. The number of aromatic amines is 2. The molecule has 4 N–H and O–H groups in total. The van der Waals surface area contributed by atoms with Crippen molar-refractivity contribution in [2.45, 2.75) is 0 Å². The van der Waals surface area contributed by atoms with Gasteiger partial charge in [-0.05, 0) is 48.5 Å². The highest BCUT2D eigenvalue weighted by Gasteiger charge is 2.17. The van der Waals surface area contributed by atoms with Crippen molar-refractivity contribution < 1.29 is 14.3 Å². The Bertz CT molecular complexity index is 2070. The largest absolute Gasteiger partial charge is 0.508 e. The number of pyridine rings is 3. The minimum Gasteiger partial charge on any atom is -0.508 e. The average molecular weight is 542 g/mol. The van der Waals surface area contributed by atoms with Crippen LogP contribution in [0.15, 0.2) is 97.6 Å². The first-order valence-corrected chi connectivity index (χ1v) is 12.7. The Morgan fingerprint density at radius 1 is 0.829 bits per heavy atom. The van der Waals surface area contributed by atoms with Gasteiger partial charge in [-0.2, -0.15) is 5.10 Å². The van der Waals surface area contributed by atoms with Gasteiger partial charge in [0.25, 0.3) is 5.91 Å². The van der Waals surface area contributed by atoms with Crippen LogP contribution in [0.3, 0.4) is 0 Å². The Labute approximate surface area is 231 Å². The lowest BCUT2D eigenvalue weighted by atomic mass is 10.1. The fourth-order valence-corrected chi connectivity index (χ4v) is 4.85. The van der Waals surface area contributed by atoms with Gasteiger partial charge in [-0.1, -0.05) is 18.2 Å². The summed E-state index contributed by atoms with van der Waals surface area (Å²) in [5.41, 5.74) is 6.38. The van der Waals surface area contributed by atoms with Crippen LogP contribution in [0, 0.1) is 5.82 Å². The lowest BCUT2D eigenvalue weighted by molar-refractivity contribution is 0.102.